The minimum atomic E-state index is -0.00124. The summed E-state index contributed by atoms with van der Waals surface area (Å²) in [6.45, 7) is 4.63. The molecule has 22 heavy (non-hydrogen) atoms. The Morgan fingerprint density at radius 3 is 3.18 bits per heavy atom. The molecule has 0 spiro atoms. The van der Waals surface area contributed by atoms with E-state index in [1.165, 1.54) is 10.4 Å². The van der Waals surface area contributed by atoms with Gasteiger partial charge < -0.3 is 15.0 Å². The molecule has 2 amide bonds. The van der Waals surface area contributed by atoms with Crippen molar-refractivity contribution in [1.29, 1.82) is 0 Å². The number of benzene rings is 1. The van der Waals surface area contributed by atoms with Crippen molar-refractivity contribution < 1.29 is 9.53 Å². The second kappa shape index (κ2) is 6.83. The number of rotatable bonds is 4. The molecular formula is C17H20N2O2S. The molecule has 5 heteroatoms. The first-order valence-electron chi connectivity index (χ1n) is 7.56. The van der Waals surface area contributed by atoms with E-state index in [0.29, 0.717) is 19.7 Å². The lowest BCUT2D eigenvalue weighted by Crippen LogP contribution is -2.42. The van der Waals surface area contributed by atoms with E-state index in [1.54, 1.807) is 11.3 Å². The van der Waals surface area contributed by atoms with Crippen LogP contribution in [-0.2, 0) is 19.5 Å². The average molecular weight is 316 g/mol. The molecule has 0 bridgehead atoms. The lowest BCUT2D eigenvalue weighted by Gasteiger charge is -2.27. The van der Waals surface area contributed by atoms with Crippen molar-refractivity contribution in [3.05, 3.63) is 51.7 Å². The van der Waals surface area contributed by atoms with Crippen LogP contribution in [0.15, 0.2) is 35.7 Å². The van der Waals surface area contributed by atoms with Gasteiger partial charge in [0.1, 0.15) is 5.75 Å². The average Bonchev–Trinajstić information content (AvgIpc) is 3.01. The van der Waals surface area contributed by atoms with Crippen LogP contribution < -0.4 is 10.1 Å². The number of amides is 2. The maximum atomic E-state index is 12.3. The van der Waals surface area contributed by atoms with E-state index in [0.717, 1.165) is 24.3 Å². The smallest absolute Gasteiger partial charge is 0.317 e. The van der Waals surface area contributed by atoms with Crippen LogP contribution in [0.2, 0.25) is 0 Å². The summed E-state index contributed by atoms with van der Waals surface area (Å²) in [7, 11) is 0. The molecule has 2 heterocycles. The number of thiophene rings is 1. The highest BCUT2D eigenvalue weighted by molar-refractivity contribution is 7.10. The second-order valence-corrected chi connectivity index (χ2v) is 6.28. The molecule has 1 aromatic carbocycles. The highest BCUT2D eigenvalue weighted by atomic mass is 32.1. The third-order valence-electron chi connectivity index (χ3n) is 3.75. The molecular weight excluding hydrogens is 296 g/mol. The molecule has 3 rings (SSSR count). The Bertz CT molecular complexity index is 654. The SMILES string of the molecule is CCOc1cccc(CNC(=O)N2CCc3sccc3C2)c1. The number of fused-ring (bicyclic) bond motifs is 1. The molecule has 1 aromatic heterocycles. The van der Waals surface area contributed by atoms with E-state index in [4.69, 9.17) is 4.74 Å². The maximum Gasteiger partial charge on any atom is 0.317 e. The largest absolute Gasteiger partial charge is 0.494 e. The van der Waals surface area contributed by atoms with Crippen molar-refractivity contribution in [3.8, 4) is 5.75 Å². The minimum absolute atomic E-state index is 0.00124. The number of carbonyl (C=O) groups excluding carboxylic acids is 1. The number of nitrogens with zero attached hydrogens (tertiary/aromatic N) is 1. The second-order valence-electron chi connectivity index (χ2n) is 5.28. The van der Waals surface area contributed by atoms with E-state index in [2.05, 4.69) is 16.8 Å². The van der Waals surface area contributed by atoms with Crippen LogP contribution in [0.1, 0.15) is 22.9 Å². The highest BCUT2D eigenvalue weighted by Gasteiger charge is 2.21. The van der Waals surface area contributed by atoms with E-state index >= 15 is 0 Å². The van der Waals surface area contributed by atoms with Crippen LogP contribution in [0.3, 0.4) is 0 Å². The van der Waals surface area contributed by atoms with Gasteiger partial charge in [-0.25, -0.2) is 4.79 Å². The van der Waals surface area contributed by atoms with E-state index in [9.17, 15) is 4.79 Å². The van der Waals surface area contributed by atoms with Gasteiger partial charge in [-0.05, 0) is 48.1 Å². The zero-order chi connectivity index (χ0) is 15.4. The summed E-state index contributed by atoms with van der Waals surface area (Å²) < 4.78 is 5.48. The van der Waals surface area contributed by atoms with Gasteiger partial charge in [0.15, 0.2) is 0 Å². The number of carbonyl (C=O) groups is 1. The van der Waals surface area contributed by atoms with Crippen molar-refractivity contribution in [1.82, 2.24) is 10.2 Å². The molecule has 0 fully saturated rings. The maximum absolute atomic E-state index is 12.3. The van der Waals surface area contributed by atoms with Gasteiger partial charge in [0.2, 0.25) is 0 Å². The molecule has 0 radical (unpaired) electrons. The Hall–Kier alpha value is -2.01. The summed E-state index contributed by atoms with van der Waals surface area (Å²) in [6.07, 6.45) is 0.959. The van der Waals surface area contributed by atoms with Crippen molar-refractivity contribution in [3.63, 3.8) is 0 Å². The Kier molecular flexibility index (Phi) is 4.63. The Labute approximate surface area is 134 Å². The van der Waals surface area contributed by atoms with E-state index in [-0.39, 0.29) is 6.03 Å². The predicted molar refractivity (Wildman–Crippen MR) is 88.3 cm³/mol. The summed E-state index contributed by atoms with van der Waals surface area (Å²) >= 11 is 1.78. The Morgan fingerprint density at radius 1 is 1.41 bits per heavy atom. The molecule has 0 unspecified atom stereocenters. The van der Waals surface area contributed by atoms with Crippen molar-refractivity contribution in [2.75, 3.05) is 13.2 Å². The molecule has 2 aromatic rings. The molecule has 0 atom stereocenters. The third kappa shape index (κ3) is 3.42. The van der Waals surface area contributed by atoms with Gasteiger partial charge >= 0.3 is 6.03 Å². The van der Waals surface area contributed by atoms with Crippen molar-refractivity contribution >= 4 is 17.4 Å². The van der Waals surface area contributed by atoms with Gasteiger partial charge in [-0.15, -0.1) is 11.3 Å². The highest BCUT2D eigenvalue weighted by Crippen LogP contribution is 2.24. The van der Waals surface area contributed by atoms with Crippen molar-refractivity contribution in [2.24, 2.45) is 0 Å². The molecule has 1 N–H and O–H groups in total. The monoisotopic (exact) mass is 316 g/mol. The summed E-state index contributed by atoms with van der Waals surface area (Å²) in [6, 6.07) is 9.96. The quantitative estimate of drug-likeness (QED) is 0.939. The van der Waals surface area contributed by atoms with Gasteiger partial charge in [0.25, 0.3) is 0 Å². The zero-order valence-electron chi connectivity index (χ0n) is 12.7. The third-order valence-corrected chi connectivity index (χ3v) is 4.77. The Morgan fingerprint density at radius 2 is 2.32 bits per heavy atom. The number of hydrogen-bond acceptors (Lipinski definition) is 3. The summed E-state index contributed by atoms with van der Waals surface area (Å²) in [5.74, 6) is 0.843. The number of hydrogen-bond donors (Lipinski definition) is 1. The standard InChI is InChI=1S/C17H20N2O2S/c1-2-21-15-5-3-4-13(10-15)11-18-17(20)19-8-6-16-14(12-19)7-9-22-16/h3-5,7,9-10H,2,6,8,11-12H2,1H3,(H,18,20). The van der Waals surface area contributed by atoms with Gasteiger partial charge in [-0.1, -0.05) is 12.1 Å². The molecule has 116 valence electrons. The summed E-state index contributed by atoms with van der Waals surface area (Å²) in [5, 5.41) is 5.10. The first-order chi connectivity index (χ1) is 10.8. The van der Waals surface area contributed by atoms with Gasteiger partial charge in [0.05, 0.1) is 6.61 Å². The molecule has 0 saturated heterocycles. The van der Waals surface area contributed by atoms with Gasteiger partial charge in [-0.2, -0.15) is 0 Å². The van der Waals surface area contributed by atoms with Crippen LogP contribution >= 0.6 is 11.3 Å². The topological polar surface area (TPSA) is 41.6 Å². The first kappa shape index (κ1) is 14.9. The van der Waals surface area contributed by atoms with Crippen LogP contribution in [0, 0.1) is 0 Å². The Balaban J connectivity index is 1.55. The minimum Gasteiger partial charge on any atom is -0.494 e. The van der Waals surface area contributed by atoms with E-state index < -0.39 is 0 Å². The fourth-order valence-electron chi connectivity index (χ4n) is 2.62. The number of urea groups is 1. The van der Waals surface area contributed by atoms with Crippen LogP contribution in [0.25, 0.3) is 0 Å². The molecule has 1 aliphatic rings. The number of ether oxygens (including phenoxy) is 1. The van der Waals surface area contributed by atoms with E-state index in [1.807, 2.05) is 36.1 Å². The van der Waals surface area contributed by atoms with Crippen LogP contribution in [0.5, 0.6) is 5.75 Å². The van der Waals surface area contributed by atoms with Gasteiger partial charge in [-0.3, -0.25) is 0 Å². The molecule has 1 aliphatic heterocycles. The summed E-state index contributed by atoms with van der Waals surface area (Å²) in [5.41, 5.74) is 2.33. The lowest BCUT2D eigenvalue weighted by molar-refractivity contribution is 0.192. The summed E-state index contributed by atoms with van der Waals surface area (Å²) in [4.78, 5) is 15.6. The fraction of sp³-hybridized carbons (Fsp3) is 0.353. The normalized spacial score (nSPS) is 13.6. The fourth-order valence-corrected chi connectivity index (χ4v) is 3.51. The van der Waals surface area contributed by atoms with Crippen LogP contribution in [0.4, 0.5) is 4.79 Å². The van der Waals surface area contributed by atoms with Crippen LogP contribution in [-0.4, -0.2) is 24.1 Å². The molecule has 0 saturated carbocycles. The number of nitrogens with one attached hydrogen (secondary N) is 1. The van der Waals surface area contributed by atoms with Crippen molar-refractivity contribution in [2.45, 2.75) is 26.4 Å². The predicted octanol–water partition coefficient (Wildman–Crippen LogP) is 3.41. The molecule has 4 nitrogen and oxygen atoms in total. The first-order valence-corrected chi connectivity index (χ1v) is 8.44. The lowest BCUT2D eigenvalue weighted by atomic mass is 10.1. The molecule has 0 aliphatic carbocycles. The van der Waals surface area contributed by atoms with Gasteiger partial charge in [0, 0.05) is 24.5 Å². The zero-order valence-corrected chi connectivity index (χ0v) is 13.5.